The van der Waals surface area contributed by atoms with Gasteiger partial charge in [0.2, 0.25) is 5.91 Å². The zero-order valence-corrected chi connectivity index (χ0v) is 16.2. The minimum absolute atomic E-state index is 0.0107. The summed E-state index contributed by atoms with van der Waals surface area (Å²) >= 11 is 6.06. The van der Waals surface area contributed by atoms with E-state index in [0.29, 0.717) is 10.8 Å². The Labute approximate surface area is 163 Å². The normalized spacial score (nSPS) is 11.9. The summed E-state index contributed by atoms with van der Waals surface area (Å²) in [5, 5.41) is 4.69. The van der Waals surface area contributed by atoms with Crippen LogP contribution in [0.25, 0.3) is 5.69 Å². The van der Waals surface area contributed by atoms with Crippen molar-refractivity contribution in [2.24, 2.45) is 0 Å². The van der Waals surface area contributed by atoms with Crippen LogP contribution in [0.5, 0.6) is 5.75 Å². The second kappa shape index (κ2) is 8.22. The van der Waals surface area contributed by atoms with Crippen molar-refractivity contribution in [3.8, 4) is 11.4 Å². The number of hydrogen-bond donors (Lipinski definition) is 0. The third kappa shape index (κ3) is 4.28. The minimum atomic E-state index is -0.0764. The number of carbonyl (C=O) groups excluding carboxylic acids is 1. The van der Waals surface area contributed by atoms with Gasteiger partial charge in [-0.3, -0.25) is 4.79 Å². The number of halogens is 1. The van der Waals surface area contributed by atoms with Crippen LogP contribution in [-0.4, -0.2) is 39.7 Å². The van der Waals surface area contributed by atoms with Crippen molar-refractivity contribution in [1.82, 2.24) is 19.7 Å². The number of amides is 1. The number of benzene rings is 2. The fraction of sp³-hybridized carbons (Fsp3) is 0.250. The van der Waals surface area contributed by atoms with Crippen molar-refractivity contribution < 1.29 is 9.53 Å². The van der Waals surface area contributed by atoms with E-state index in [1.54, 1.807) is 48.3 Å². The SMILES string of the molecule is COc1ccc(Cl)cc1CC(=O)N(C)C(C)c1ccc(-n2cncn2)cc1. The molecule has 2 aromatic carbocycles. The molecule has 0 fully saturated rings. The van der Waals surface area contributed by atoms with E-state index in [2.05, 4.69) is 10.1 Å². The lowest BCUT2D eigenvalue weighted by atomic mass is 10.0. The molecule has 3 aromatic rings. The van der Waals surface area contributed by atoms with Crippen molar-refractivity contribution in [3.63, 3.8) is 0 Å². The summed E-state index contributed by atoms with van der Waals surface area (Å²) < 4.78 is 7.02. The van der Waals surface area contributed by atoms with Crippen LogP contribution in [0, 0.1) is 0 Å². The predicted octanol–water partition coefficient (Wildman–Crippen LogP) is 3.69. The van der Waals surface area contributed by atoms with E-state index in [9.17, 15) is 4.79 Å². The molecule has 1 amide bonds. The van der Waals surface area contributed by atoms with E-state index < -0.39 is 0 Å². The lowest BCUT2D eigenvalue weighted by molar-refractivity contribution is -0.131. The Morgan fingerprint density at radius 1 is 1.26 bits per heavy atom. The molecule has 0 saturated heterocycles. The first kappa shape index (κ1) is 18.9. The quantitative estimate of drug-likeness (QED) is 0.650. The van der Waals surface area contributed by atoms with E-state index in [4.69, 9.17) is 16.3 Å². The first-order valence-corrected chi connectivity index (χ1v) is 8.90. The van der Waals surface area contributed by atoms with Gasteiger partial charge in [-0.05, 0) is 42.8 Å². The summed E-state index contributed by atoms with van der Waals surface area (Å²) in [6.07, 6.45) is 3.36. The smallest absolute Gasteiger partial charge is 0.227 e. The Morgan fingerprint density at radius 2 is 2.00 bits per heavy atom. The molecule has 1 aromatic heterocycles. The zero-order valence-electron chi connectivity index (χ0n) is 15.5. The number of aromatic nitrogens is 3. The van der Waals surface area contributed by atoms with Crippen molar-refractivity contribution in [1.29, 1.82) is 0 Å². The molecule has 1 heterocycles. The predicted molar refractivity (Wildman–Crippen MR) is 104 cm³/mol. The fourth-order valence-electron chi connectivity index (χ4n) is 2.86. The fourth-order valence-corrected chi connectivity index (χ4v) is 3.05. The van der Waals surface area contributed by atoms with E-state index in [-0.39, 0.29) is 18.4 Å². The number of methoxy groups -OCH3 is 1. The van der Waals surface area contributed by atoms with Crippen molar-refractivity contribution >= 4 is 17.5 Å². The number of carbonyl (C=O) groups is 1. The molecule has 0 N–H and O–H groups in total. The number of ether oxygens (including phenoxy) is 1. The summed E-state index contributed by atoms with van der Waals surface area (Å²) in [6, 6.07) is 13.1. The molecule has 6 nitrogen and oxygen atoms in total. The van der Waals surface area contributed by atoms with E-state index >= 15 is 0 Å². The summed E-state index contributed by atoms with van der Waals surface area (Å²) in [5.41, 5.74) is 2.73. The topological polar surface area (TPSA) is 60.2 Å². The van der Waals surface area contributed by atoms with Gasteiger partial charge in [-0.15, -0.1) is 0 Å². The largest absolute Gasteiger partial charge is 0.496 e. The van der Waals surface area contributed by atoms with Crippen LogP contribution < -0.4 is 4.74 Å². The van der Waals surface area contributed by atoms with Gasteiger partial charge < -0.3 is 9.64 Å². The highest BCUT2D eigenvalue weighted by Gasteiger charge is 2.19. The van der Waals surface area contributed by atoms with Crippen molar-refractivity contribution in [3.05, 3.63) is 71.3 Å². The van der Waals surface area contributed by atoms with Crippen molar-refractivity contribution in [2.45, 2.75) is 19.4 Å². The van der Waals surface area contributed by atoms with Gasteiger partial charge in [-0.1, -0.05) is 23.7 Å². The monoisotopic (exact) mass is 384 g/mol. The highest BCUT2D eigenvalue weighted by Crippen LogP contribution is 2.25. The van der Waals surface area contributed by atoms with Crippen molar-refractivity contribution in [2.75, 3.05) is 14.2 Å². The molecule has 1 unspecified atom stereocenters. The van der Waals surface area contributed by atoms with Gasteiger partial charge in [0.15, 0.2) is 0 Å². The summed E-state index contributed by atoms with van der Waals surface area (Å²) in [7, 11) is 3.38. The van der Waals surface area contributed by atoms with Gasteiger partial charge in [0.25, 0.3) is 0 Å². The molecule has 0 spiro atoms. The van der Waals surface area contributed by atoms with Crippen LogP contribution in [0.1, 0.15) is 24.1 Å². The van der Waals surface area contributed by atoms with Crippen LogP contribution in [0.4, 0.5) is 0 Å². The maximum Gasteiger partial charge on any atom is 0.227 e. The van der Waals surface area contributed by atoms with Crippen LogP contribution >= 0.6 is 11.6 Å². The maximum atomic E-state index is 12.8. The average Bonchev–Trinajstić information content (AvgIpc) is 3.22. The Hall–Kier alpha value is -2.86. The Balaban J connectivity index is 1.72. The lowest BCUT2D eigenvalue weighted by Crippen LogP contribution is -2.31. The standard InChI is InChI=1S/C20H21ClN4O2/c1-14(15-4-7-18(8-5-15)25-13-22-12-23-25)24(2)20(26)11-16-10-17(21)6-9-19(16)27-3/h4-10,12-14H,11H2,1-3H3. The van der Waals surface area contributed by atoms with Crippen LogP contribution in [0.15, 0.2) is 55.1 Å². The first-order valence-electron chi connectivity index (χ1n) is 8.52. The summed E-state index contributed by atoms with van der Waals surface area (Å²) in [6.45, 7) is 2.00. The molecule has 3 rings (SSSR count). The Bertz CT molecular complexity index is 910. The molecule has 0 aliphatic rings. The highest BCUT2D eigenvalue weighted by molar-refractivity contribution is 6.30. The zero-order chi connectivity index (χ0) is 19.4. The number of nitrogens with zero attached hydrogens (tertiary/aromatic N) is 4. The maximum absolute atomic E-state index is 12.8. The van der Waals surface area contributed by atoms with Crippen LogP contribution in [0.3, 0.4) is 0 Å². The lowest BCUT2D eigenvalue weighted by Gasteiger charge is -2.26. The van der Waals surface area contributed by atoms with Crippen LogP contribution in [-0.2, 0) is 11.2 Å². The van der Waals surface area contributed by atoms with Gasteiger partial charge in [0, 0.05) is 17.6 Å². The van der Waals surface area contributed by atoms with Gasteiger partial charge in [0.05, 0.1) is 25.3 Å². The molecule has 7 heteroatoms. The molecular formula is C20H21ClN4O2. The van der Waals surface area contributed by atoms with E-state index in [0.717, 1.165) is 16.8 Å². The molecule has 0 aliphatic carbocycles. The highest BCUT2D eigenvalue weighted by atomic mass is 35.5. The van der Waals surface area contributed by atoms with Gasteiger partial charge in [0.1, 0.15) is 18.4 Å². The second-order valence-electron chi connectivity index (χ2n) is 6.25. The molecule has 0 aliphatic heterocycles. The summed E-state index contributed by atoms with van der Waals surface area (Å²) in [4.78, 5) is 18.4. The number of likely N-dealkylation sites (N-methyl/N-ethyl adjacent to an activating group) is 1. The molecule has 0 radical (unpaired) electrons. The second-order valence-corrected chi connectivity index (χ2v) is 6.68. The molecule has 140 valence electrons. The van der Waals surface area contributed by atoms with Crippen LogP contribution in [0.2, 0.25) is 5.02 Å². The molecule has 0 bridgehead atoms. The molecule has 27 heavy (non-hydrogen) atoms. The third-order valence-electron chi connectivity index (χ3n) is 4.62. The molecule has 1 atom stereocenters. The average molecular weight is 385 g/mol. The third-order valence-corrected chi connectivity index (χ3v) is 4.85. The Morgan fingerprint density at radius 3 is 2.63 bits per heavy atom. The number of hydrogen-bond acceptors (Lipinski definition) is 4. The van der Waals surface area contributed by atoms with E-state index in [1.807, 2.05) is 31.2 Å². The van der Waals surface area contributed by atoms with E-state index in [1.165, 1.54) is 6.33 Å². The van der Waals surface area contributed by atoms with Gasteiger partial charge in [-0.25, -0.2) is 9.67 Å². The number of rotatable bonds is 6. The Kier molecular flexibility index (Phi) is 5.76. The van der Waals surface area contributed by atoms with Gasteiger partial charge in [-0.2, -0.15) is 5.10 Å². The minimum Gasteiger partial charge on any atom is -0.496 e. The van der Waals surface area contributed by atoms with Gasteiger partial charge >= 0.3 is 0 Å². The molecular weight excluding hydrogens is 364 g/mol. The molecule has 0 saturated carbocycles. The first-order chi connectivity index (χ1) is 13.0. The summed E-state index contributed by atoms with van der Waals surface area (Å²) in [5.74, 6) is 0.648.